The third-order valence-corrected chi connectivity index (χ3v) is 6.20. The van der Waals surface area contributed by atoms with Gasteiger partial charge in [-0.1, -0.05) is 53.6 Å². The van der Waals surface area contributed by atoms with Crippen LogP contribution in [0.2, 0.25) is 0 Å². The van der Waals surface area contributed by atoms with Gasteiger partial charge in [0, 0.05) is 23.9 Å². The number of aliphatic imine (C=N–C) groups is 1. The van der Waals surface area contributed by atoms with Crippen LogP contribution in [0.5, 0.6) is 0 Å². The molecule has 2 aromatic carbocycles. The molecule has 0 aliphatic carbocycles. The van der Waals surface area contributed by atoms with Crippen LogP contribution in [0.3, 0.4) is 0 Å². The van der Waals surface area contributed by atoms with Gasteiger partial charge in [0.25, 0.3) is 11.8 Å². The van der Waals surface area contributed by atoms with Gasteiger partial charge in [-0.2, -0.15) is 0 Å². The minimum absolute atomic E-state index is 0.0646. The van der Waals surface area contributed by atoms with Crippen molar-refractivity contribution in [1.82, 2.24) is 15.2 Å². The minimum Gasteiger partial charge on any atom is -0.402 e. The van der Waals surface area contributed by atoms with E-state index in [-0.39, 0.29) is 23.9 Å². The average Bonchev–Trinajstić information content (AvgIpc) is 3.57. The Balaban J connectivity index is 1.30. The van der Waals surface area contributed by atoms with E-state index in [4.69, 9.17) is 14.1 Å². The zero-order valence-electron chi connectivity index (χ0n) is 20.1. The zero-order valence-corrected chi connectivity index (χ0v) is 20.1. The van der Waals surface area contributed by atoms with E-state index in [0.29, 0.717) is 23.7 Å². The molecule has 2 unspecified atom stereocenters. The third kappa shape index (κ3) is 4.78. The third-order valence-electron chi connectivity index (χ3n) is 6.20. The first-order valence-corrected chi connectivity index (χ1v) is 12.1. The number of carbonyl (C=O) groups is 1. The van der Waals surface area contributed by atoms with Crippen LogP contribution in [0.25, 0.3) is 11.6 Å². The lowest BCUT2D eigenvalue weighted by molar-refractivity contribution is -0.116. The normalized spacial score (nSPS) is 18.9. The van der Waals surface area contributed by atoms with Gasteiger partial charge in [0.2, 0.25) is 6.17 Å². The van der Waals surface area contributed by atoms with Gasteiger partial charge < -0.3 is 25.1 Å². The Bertz CT molecular complexity index is 1460. The molecule has 1 saturated heterocycles. The van der Waals surface area contributed by atoms with Gasteiger partial charge in [-0.05, 0) is 31.0 Å². The lowest BCUT2D eigenvalue weighted by Gasteiger charge is -2.14. The Kier molecular flexibility index (Phi) is 6.07. The van der Waals surface area contributed by atoms with Crippen LogP contribution in [0.1, 0.15) is 23.1 Å². The molecule has 1 amide bonds. The molecular formula is C27H25N7O3. The number of benzodiazepines with no additional fused rings is 1. The van der Waals surface area contributed by atoms with Crippen molar-refractivity contribution in [3.8, 4) is 11.6 Å². The quantitative estimate of drug-likeness (QED) is 0.368. The van der Waals surface area contributed by atoms with Crippen molar-refractivity contribution < 1.29 is 13.9 Å². The Morgan fingerprint density at radius 1 is 1.03 bits per heavy atom. The maximum absolute atomic E-state index is 13.1. The fourth-order valence-electron chi connectivity index (χ4n) is 4.39. The molecule has 1 fully saturated rings. The number of rotatable bonds is 6. The number of aryl methyl sites for hydroxylation is 1. The molecule has 0 saturated carbocycles. The maximum atomic E-state index is 13.1. The molecule has 10 heteroatoms. The maximum Gasteiger partial charge on any atom is 0.317 e. The number of anilines is 3. The number of fused-ring (bicyclic) bond motifs is 1. The van der Waals surface area contributed by atoms with Crippen molar-refractivity contribution in [3.63, 3.8) is 0 Å². The largest absolute Gasteiger partial charge is 0.402 e. The highest BCUT2D eigenvalue weighted by Crippen LogP contribution is 2.29. The predicted octanol–water partition coefficient (Wildman–Crippen LogP) is 3.87. The molecule has 6 rings (SSSR count). The van der Waals surface area contributed by atoms with E-state index in [9.17, 15) is 4.79 Å². The molecule has 2 atom stereocenters. The van der Waals surface area contributed by atoms with Gasteiger partial charge in [-0.15, -0.1) is 5.10 Å². The van der Waals surface area contributed by atoms with Crippen molar-refractivity contribution in [3.05, 3.63) is 83.6 Å². The summed E-state index contributed by atoms with van der Waals surface area (Å²) >= 11 is 0. The van der Waals surface area contributed by atoms with Crippen molar-refractivity contribution in [1.29, 1.82) is 0 Å². The summed E-state index contributed by atoms with van der Waals surface area (Å²) in [6.07, 6.45) is 1.66. The first-order valence-electron chi connectivity index (χ1n) is 12.1. The fourth-order valence-corrected chi connectivity index (χ4v) is 4.39. The SMILES string of the molecule is Cc1cnc(-c2nnc(NC3N=C(c4ccccc4)c4ccccc4NC3=O)o2)c(NC2CCOC2)c1. The molecule has 10 nitrogen and oxygen atoms in total. The van der Waals surface area contributed by atoms with Gasteiger partial charge in [-0.25, -0.2) is 9.98 Å². The lowest BCUT2D eigenvalue weighted by Crippen LogP contribution is -2.32. The van der Waals surface area contributed by atoms with E-state index in [1.54, 1.807) is 6.20 Å². The smallest absolute Gasteiger partial charge is 0.317 e. The van der Waals surface area contributed by atoms with Crippen molar-refractivity contribution in [2.24, 2.45) is 4.99 Å². The number of aromatic nitrogens is 3. The first kappa shape index (κ1) is 22.9. The molecule has 0 radical (unpaired) electrons. The monoisotopic (exact) mass is 495 g/mol. The zero-order chi connectivity index (χ0) is 25.2. The molecule has 2 aromatic heterocycles. The van der Waals surface area contributed by atoms with E-state index in [2.05, 4.69) is 31.1 Å². The second kappa shape index (κ2) is 9.82. The topological polar surface area (TPSA) is 127 Å². The fraction of sp³-hybridized carbons (Fsp3) is 0.222. The minimum atomic E-state index is -0.991. The number of hydrogen-bond donors (Lipinski definition) is 3. The molecule has 2 aliphatic heterocycles. The molecule has 4 heterocycles. The summed E-state index contributed by atoms with van der Waals surface area (Å²) in [6, 6.07) is 19.5. The summed E-state index contributed by atoms with van der Waals surface area (Å²) in [5.41, 5.74) is 5.40. The molecule has 4 aromatic rings. The summed E-state index contributed by atoms with van der Waals surface area (Å²) < 4.78 is 11.4. The number of pyridine rings is 1. The van der Waals surface area contributed by atoms with Crippen LogP contribution in [0, 0.1) is 6.92 Å². The predicted molar refractivity (Wildman–Crippen MR) is 140 cm³/mol. The molecule has 2 aliphatic rings. The second-order valence-corrected chi connectivity index (χ2v) is 8.95. The van der Waals surface area contributed by atoms with E-state index >= 15 is 0 Å². The number of nitrogens with one attached hydrogen (secondary N) is 3. The van der Waals surface area contributed by atoms with E-state index < -0.39 is 6.17 Å². The lowest BCUT2D eigenvalue weighted by atomic mass is 10.0. The first-order chi connectivity index (χ1) is 18.1. The summed E-state index contributed by atoms with van der Waals surface area (Å²) in [6.45, 7) is 3.32. The highest BCUT2D eigenvalue weighted by molar-refractivity contribution is 6.19. The van der Waals surface area contributed by atoms with Crippen LogP contribution < -0.4 is 16.0 Å². The number of hydrogen-bond acceptors (Lipinski definition) is 9. The van der Waals surface area contributed by atoms with Gasteiger partial charge in [0.15, 0.2) is 5.69 Å². The molecule has 37 heavy (non-hydrogen) atoms. The standard InChI is InChI=1S/C27H25N7O3/c1-16-13-21(29-18-11-12-36-15-18)23(28-14-16)26-33-34-27(37-26)32-24-25(35)30-20-10-6-5-9-19(20)22(31-24)17-7-3-2-4-8-17/h2-10,13-14,18,24,29H,11-12,15H2,1H3,(H,30,35)(H,32,34). The number of para-hydroxylation sites is 1. The van der Waals surface area contributed by atoms with Crippen LogP contribution >= 0.6 is 0 Å². The molecule has 0 spiro atoms. The molecule has 0 bridgehead atoms. The van der Waals surface area contributed by atoms with Gasteiger partial charge in [0.05, 0.1) is 29.7 Å². The molecule has 186 valence electrons. The Morgan fingerprint density at radius 3 is 2.70 bits per heavy atom. The summed E-state index contributed by atoms with van der Waals surface area (Å²) in [4.78, 5) is 22.4. The van der Waals surface area contributed by atoms with Crippen molar-refractivity contribution in [2.75, 3.05) is 29.2 Å². The number of amides is 1. The van der Waals surface area contributed by atoms with Crippen LogP contribution in [0.4, 0.5) is 17.4 Å². The Labute approximate surface area is 213 Å². The van der Waals surface area contributed by atoms with Crippen LogP contribution in [-0.2, 0) is 9.53 Å². The van der Waals surface area contributed by atoms with Crippen molar-refractivity contribution >= 4 is 29.0 Å². The Morgan fingerprint density at radius 2 is 1.86 bits per heavy atom. The van der Waals surface area contributed by atoms with Gasteiger partial charge in [-0.3, -0.25) is 4.79 Å². The van der Waals surface area contributed by atoms with E-state index in [0.717, 1.165) is 35.4 Å². The average molecular weight is 496 g/mol. The molecule has 3 N–H and O–H groups in total. The highest BCUT2D eigenvalue weighted by Gasteiger charge is 2.28. The van der Waals surface area contributed by atoms with Crippen molar-refractivity contribution in [2.45, 2.75) is 25.6 Å². The Hall–Kier alpha value is -4.57. The number of ether oxygens (including phenoxy) is 1. The summed E-state index contributed by atoms with van der Waals surface area (Å²) in [5.74, 6) is -0.108. The van der Waals surface area contributed by atoms with Crippen LogP contribution in [0.15, 0.2) is 76.3 Å². The summed E-state index contributed by atoms with van der Waals surface area (Å²) in [7, 11) is 0. The highest BCUT2D eigenvalue weighted by atomic mass is 16.5. The van der Waals surface area contributed by atoms with E-state index in [1.165, 1.54) is 0 Å². The van der Waals surface area contributed by atoms with E-state index in [1.807, 2.05) is 67.6 Å². The number of nitrogens with zero attached hydrogens (tertiary/aromatic N) is 4. The van der Waals surface area contributed by atoms with Gasteiger partial charge in [0.1, 0.15) is 0 Å². The van der Waals surface area contributed by atoms with Crippen LogP contribution in [-0.4, -0.2) is 52.2 Å². The molecular weight excluding hydrogens is 470 g/mol. The van der Waals surface area contributed by atoms with Gasteiger partial charge >= 0.3 is 6.01 Å². The number of carbonyl (C=O) groups excluding carboxylic acids is 1. The number of benzene rings is 2. The summed E-state index contributed by atoms with van der Waals surface area (Å²) in [5, 5.41) is 17.7. The second-order valence-electron chi connectivity index (χ2n) is 8.95.